The van der Waals surface area contributed by atoms with Crippen molar-refractivity contribution in [1.29, 1.82) is 0 Å². The van der Waals surface area contributed by atoms with E-state index in [1.54, 1.807) is 0 Å². The van der Waals surface area contributed by atoms with E-state index < -0.39 is 0 Å². The monoisotopic (exact) mass is 299 g/mol. The molecule has 1 aliphatic rings. The van der Waals surface area contributed by atoms with Gasteiger partial charge in [-0.3, -0.25) is 0 Å². The molecule has 0 fully saturated rings. The first-order valence-corrected chi connectivity index (χ1v) is 7.58. The average molecular weight is 299 g/mol. The first-order valence-electron chi connectivity index (χ1n) is 7.58. The highest BCUT2D eigenvalue weighted by atomic mass is 16.7. The van der Waals surface area contributed by atoms with E-state index in [1.807, 2.05) is 30.3 Å². The van der Waals surface area contributed by atoms with E-state index in [4.69, 9.17) is 9.47 Å². The molecule has 0 amide bonds. The van der Waals surface area contributed by atoms with Crippen LogP contribution in [0.2, 0.25) is 0 Å². The molecule has 4 nitrogen and oxygen atoms in total. The second-order valence-electron chi connectivity index (χ2n) is 5.52. The Balaban J connectivity index is 1.54. The fourth-order valence-electron chi connectivity index (χ4n) is 2.61. The van der Waals surface area contributed by atoms with E-state index in [0.29, 0.717) is 6.79 Å². The van der Waals surface area contributed by atoms with Gasteiger partial charge in [0.05, 0.1) is 6.61 Å². The number of aliphatic hydroxyl groups excluding tert-OH is 1. The van der Waals surface area contributed by atoms with Crippen molar-refractivity contribution >= 4 is 0 Å². The van der Waals surface area contributed by atoms with E-state index in [0.717, 1.165) is 30.0 Å². The molecular weight excluding hydrogens is 278 g/mol. The largest absolute Gasteiger partial charge is 0.454 e. The molecule has 0 aliphatic carbocycles. The Morgan fingerprint density at radius 2 is 1.95 bits per heavy atom. The Morgan fingerprint density at radius 3 is 2.82 bits per heavy atom. The minimum Gasteiger partial charge on any atom is -0.454 e. The third kappa shape index (κ3) is 3.40. The lowest BCUT2D eigenvalue weighted by molar-refractivity contribution is 0.174. The summed E-state index contributed by atoms with van der Waals surface area (Å²) in [5.74, 6) is 1.66. The summed E-state index contributed by atoms with van der Waals surface area (Å²) >= 11 is 0. The second kappa shape index (κ2) is 6.81. The molecule has 0 spiro atoms. The van der Waals surface area contributed by atoms with Crippen molar-refractivity contribution in [2.45, 2.75) is 26.0 Å². The number of hydrogen-bond donors (Lipinski definition) is 2. The third-order valence-electron chi connectivity index (χ3n) is 3.93. The first kappa shape index (κ1) is 14.9. The van der Waals surface area contributed by atoms with Crippen LogP contribution in [0.3, 0.4) is 0 Å². The maximum Gasteiger partial charge on any atom is 0.231 e. The van der Waals surface area contributed by atoms with Gasteiger partial charge in [0.15, 0.2) is 11.5 Å². The molecule has 2 N–H and O–H groups in total. The van der Waals surface area contributed by atoms with Crippen LogP contribution in [0.15, 0.2) is 42.5 Å². The molecule has 22 heavy (non-hydrogen) atoms. The summed E-state index contributed by atoms with van der Waals surface area (Å²) in [4.78, 5) is 0. The molecule has 2 aromatic carbocycles. The fraction of sp³-hybridized carbons (Fsp3) is 0.333. The van der Waals surface area contributed by atoms with Gasteiger partial charge in [0.1, 0.15) is 0 Å². The van der Waals surface area contributed by atoms with Gasteiger partial charge in [-0.1, -0.05) is 30.3 Å². The van der Waals surface area contributed by atoms with Crippen molar-refractivity contribution in [2.75, 3.05) is 13.3 Å². The van der Waals surface area contributed by atoms with E-state index >= 15 is 0 Å². The predicted octanol–water partition coefficient (Wildman–Crippen LogP) is 2.80. The summed E-state index contributed by atoms with van der Waals surface area (Å²) in [7, 11) is 0. The first-order chi connectivity index (χ1) is 10.8. The minimum atomic E-state index is 0.0811. The number of rotatable bonds is 6. The number of benzene rings is 2. The van der Waals surface area contributed by atoms with Crippen LogP contribution < -0.4 is 14.8 Å². The molecule has 2 aromatic rings. The van der Waals surface area contributed by atoms with Gasteiger partial charge in [0.2, 0.25) is 6.79 Å². The molecule has 116 valence electrons. The zero-order valence-electron chi connectivity index (χ0n) is 12.7. The Labute approximate surface area is 130 Å². The number of fused-ring (bicyclic) bond motifs is 1. The van der Waals surface area contributed by atoms with Crippen molar-refractivity contribution in [3.8, 4) is 11.5 Å². The zero-order chi connectivity index (χ0) is 15.4. The van der Waals surface area contributed by atoms with Crippen LogP contribution in [0.1, 0.15) is 29.7 Å². The Morgan fingerprint density at radius 1 is 1.09 bits per heavy atom. The van der Waals surface area contributed by atoms with Crippen molar-refractivity contribution < 1.29 is 14.6 Å². The summed E-state index contributed by atoms with van der Waals surface area (Å²) in [6, 6.07) is 14.4. The summed E-state index contributed by atoms with van der Waals surface area (Å²) in [6.07, 6.45) is 0.931. The fourth-order valence-corrected chi connectivity index (χ4v) is 2.61. The number of hydrogen-bond acceptors (Lipinski definition) is 4. The minimum absolute atomic E-state index is 0.0811. The van der Waals surface area contributed by atoms with Gasteiger partial charge < -0.3 is 19.9 Å². The summed E-state index contributed by atoms with van der Waals surface area (Å²) in [5, 5.41) is 12.7. The summed E-state index contributed by atoms with van der Waals surface area (Å²) in [6.45, 7) is 3.41. The highest BCUT2D eigenvalue weighted by molar-refractivity contribution is 5.44. The van der Waals surface area contributed by atoms with Gasteiger partial charge in [-0.05, 0) is 48.7 Å². The topological polar surface area (TPSA) is 50.7 Å². The smallest absolute Gasteiger partial charge is 0.231 e. The third-order valence-corrected chi connectivity index (χ3v) is 3.93. The van der Waals surface area contributed by atoms with Crippen molar-refractivity contribution in [3.63, 3.8) is 0 Å². The quantitative estimate of drug-likeness (QED) is 0.861. The highest BCUT2D eigenvalue weighted by Gasteiger charge is 2.13. The molecule has 0 saturated carbocycles. The maximum absolute atomic E-state index is 9.20. The predicted molar refractivity (Wildman–Crippen MR) is 85.1 cm³/mol. The average Bonchev–Trinajstić information content (AvgIpc) is 3.02. The molecule has 0 radical (unpaired) electrons. The molecule has 1 unspecified atom stereocenters. The molecular formula is C18H21NO3. The Kier molecular flexibility index (Phi) is 4.61. The molecule has 0 aromatic heterocycles. The molecule has 1 atom stereocenters. The van der Waals surface area contributed by atoms with Crippen LogP contribution >= 0.6 is 0 Å². The standard InChI is InChI=1S/C18H21NO3/c1-13(16-4-2-3-15(9-16)11-20)19-8-7-14-5-6-17-18(10-14)22-12-21-17/h2-6,9-10,13,19-20H,7-8,11-12H2,1H3. The number of aliphatic hydroxyl groups is 1. The van der Waals surface area contributed by atoms with Crippen LogP contribution in [0.4, 0.5) is 0 Å². The van der Waals surface area contributed by atoms with E-state index in [9.17, 15) is 5.11 Å². The van der Waals surface area contributed by atoms with Crippen LogP contribution in [-0.2, 0) is 13.0 Å². The lowest BCUT2D eigenvalue weighted by Gasteiger charge is -2.15. The van der Waals surface area contributed by atoms with Gasteiger partial charge in [-0.15, -0.1) is 0 Å². The summed E-state index contributed by atoms with van der Waals surface area (Å²) < 4.78 is 10.7. The van der Waals surface area contributed by atoms with Gasteiger partial charge in [-0.2, -0.15) is 0 Å². The SMILES string of the molecule is CC(NCCc1ccc2c(c1)OCO2)c1cccc(CO)c1. The molecule has 1 aliphatic heterocycles. The van der Waals surface area contributed by atoms with Crippen LogP contribution in [0.5, 0.6) is 11.5 Å². The summed E-state index contributed by atoms with van der Waals surface area (Å²) in [5.41, 5.74) is 3.37. The van der Waals surface area contributed by atoms with E-state index in [2.05, 4.69) is 24.4 Å². The Bertz CT molecular complexity index is 642. The normalized spacial score (nSPS) is 14.1. The van der Waals surface area contributed by atoms with Gasteiger partial charge in [0.25, 0.3) is 0 Å². The molecule has 0 bridgehead atoms. The van der Waals surface area contributed by atoms with E-state index in [-0.39, 0.29) is 12.6 Å². The van der Waals surface area contributed by atoms with Gasteiger partial charge in [-0.25, -0.2) is 0 Å². The van der Waals surface area contributed by atoms with Crippen LogP contribution in [0, 0.1) is 0 Å². The molecule has 1 heterocycles. The molecule has 0 saturated heterocycles. The lowest BCUT2D eigenvalue weighted by atomic mass is 10.0. The van der Waals surface area contributed by atoms with Crippen LogP contribution in [0.25, 0.3) is 0 Å². The van der Waals surface area contributed by atoms with Crippen molar-refractivity contribution in [2.24, 2.45) is 0 Å². The van der Waals surface area contributed by atoms with Gasteiger partial charge in [0, 0.05) is 6.04 Å². The Hall–Kier alpha value is -2.04. The maximum atomic E-state index is 9.20. The van der Waals surface area contributed by atoms with Gasteiger partial charge >= 0.3 is 0 Å². The van der Waals surface area contributed by atoms with E-state index in [1.165, 1.54) is 11.1 Å². The number of nitrogens with one attached hydrogen (secondary N) is 1. The number of ether oxygens (including phenoxy) is 2. The lowest BCUT2D eigenvalue weighted by Crippen LogP contribution is -2.21. The molecule has 3 rings (SSSR count). The van der Waals surface area contributed by atoms with Crippen molar-refractivity contribution in [1.82, 2.24) is 5.32 Å². The highest BCUT2D eigenvalue weighted by Crippen LogP contribution is 2.32. The second-order valence-corrected chi connectivity index (χ2v) is 5.52. The van der Waals surface area contributed by atoms with Crippen molar-refractivity contribution in [3.05, 3.63) is 59.2 Å². The zero-order valence-corrected chi connectivity index (χ0v) is 12.7. The van der Waals surface area contributed by atoms with Crippen LogP contribution in [-0.4, -0.2) is 18.4 Å². The molecule has 4 heteroatoms.